The molecule has 2 saturated heterocycles. The second-order valence-electron chi connectivity index (χ2n) is 7.95. The zero-order valence-corrected chi connectivity index (χ0v) is 17.8. The summed E-state index contributed by atoms with van der Waals surface area (Å²) in [6, 6.07) is 7.30. The summed E-state index contributed by atoms with van der Waals surface area (Å²) in [5.74, 6) is 0.843. The Balaban J connectivity index is 1.35. The summed E-state index contributed by atoms with van der Waals surface area (Å²) in [7, 11) is 1.60. The van der Waals surface area contributed by atoms with Gasteiger partial charge < -0.3 is 20.1 Å². The lowest BCUT2D eigenvalue weighted by molar-refractivity contribution is -0.130. The highest BCUT2D eigenvalue weighted by Gasteiger charge is 2.33. The summed E-state index contributed by atoms with van der Waals surface area (Å²) in [6.45, 7) is 4.95. The first kappa shape index (κ1) is 21.3. The highest BCUT2D eigenvalue weighted by molar-refractivity contribution is 6.02. The van der Waals surface area contributed by atoms with Crippen LogP contribution in [0.15, 0.2) is 30.5 Å². The number of carbonyl (C=O) groups is 2. The number of anilines is 1. The SMILES string of the molecule is COc1ccc(-n2ncc(C(=O)[C@H]3CCN(C(=O)CCN4CCOCC4)C3)c2N)cc1. The molecule has 0 aliphatic carbocycles. The largest absolute Gasteiger partial charge is 0.497 e. The maximum atomic E-state index is 13.1. The molecule has 1 atom stereocenters. The Morgan fingerprint density at radius 1 is 1.19 bits per heavy atom. The Labute approximate surface area is 181 Å². The van der Waals surface area contributed by atoms with Crippen LogP contribution in [0.3, 0.4) is 0 Å². The smallest absolute Gasteiger partial charge is 0.223 e. The fourth-order valence-corrected chi connectivity index (χ4v) is 4.13. The molecule has 1 amide bonds. The van der Waals surface area contributed by atoms with Crippen molar-refractivity contribution in [3.05, 3.63) is 36.0 Å². The van der Waals surface area contributed by atoms with Crippen LogP contribution >= 0.6 is 0 Å². The number of hydrogen-bond acceptors (Lipinski definition) is 7. The first-order valence-electron chi connectivity index (χ1n) is 10.7. The number of nitrogens with two attached hydrogens (primary N) is 1. The van der Waals surface area contributed by atoms with Crippen molar-refractivity contribution < 1.29 is 19.1 Å². The summed E-state index contributed by atoms with van der Waals surface area (Å²) in [4.78, 5) is 29.7. The van der Waals surface area contributed by atoms with E-state index in [0.717, 1.165) is 44.3 Å². The number of rotatable bonds is 7. The molecule has 2 aliphatic rings. The van der Waals surface area contributed by atoms with Gasteiger partial charge in [0.05, 0.1) is 37.8 Å². The van der Waals surface area contributed by atoms with Gasteiger partial charge in [0.25, 0.3) is 0 Å². The summed E-state index contributed by atoms with van der Waals surface area (Å²) >= 11 is 0. The summed E-state index contributed by atoms with van der Waals surface area (Å²) in [6.07, 6.45) is 2.64. The fourth-order valence-electron chi connectivity index (χ4n) is 4.13. The molecule has 2 fully saturated rings. The number of Topliss-reactive ketones (excluding diaryl/α,β-unsaturated/α-hetero) is 1. The van der Waals surface area contributed by atoms with Crippen molar-refractivity contribution in [3.63, 3.8) is 0 Å². The van der Waals surface area contributed by atoms with Crippen LogP contribution < -0.4 is 10.5 Å². The lowest BCUT2D eigenvalue weighted by Crippen LogP contribution is -2.39. The third-order valence-electron chi connectivity index (χ3n) is 6.05. The molecule has 0 saturated carbocycles. The zero-order chi connectivity index (χ0) is 21.8. The first-order chi connectivity index (χ1) is 15.1. The van der Waals surface area contributed by atoms with Crippen LogP contribution in [0, 0.1) is 5.92 Å². The van der Waals surface area contributed by atoms with E-state index in [0.29, 0.717) is 37.3 Å². The highest BCUT2D eigenvalue weighted by atomic mass is 16.5. The molecule has 0 spiro atoms. The summed E-state index contributed by atoms with van der Waals surface area (Å²) < 4.78 is 12.1. The van der Waals surface area contributed by atoms with Crippen LogP contribution in [0.1, 0.15) is 23.2 Å². The molecule has 9 heteroatoms. The predicted octanol–water partition coefficient (Wildman–Crippen LogP) is 1.22. The molecule has 166 valence electrons. The lowest BCUT2D eigenvalue weighted by atomic mass is 9.98. The van der Waals surface area contributed by atoms with E-state index in [1.165, 1.54) is 6.20 Å². The van der Waals surface area contributed by atoms with E-state index in [4.69, 9.17) is 15.2 Å². The summed E-state index contributed by atoms with van der Waals surface area (Å²) in [5.41, 5.74) is 7.41. The molecular formula is C22H29N5O4. The monoisotopic (exact) mass is 427 g/mol. The standard InChI is InChI=1S/C22H29N5O4/c1-30-18-4-2-17(3-5-18)27-22(23)19(14-24-27)21(29)16-6-9-26(15-16)20(28)7-8-25-10-12-31-13-11-25/h2-5,14,16H,6-13,15,23H2,1H3/t16-/m0/s1. The molecule has 1 aromatic carbocycles. The number of likely N-dealkylation sites (tertiary alicyclic amines) is 1. The second kappa shape index (κ2) is 9.49. The molecule has 0 bridgehead atoms. The van der Waals surface area contributed by atoms with Gasteiger partial charge in [0.1, 0.15) is 11.6 Å². The fraction of sp³-hybridized carbons (Fsp3) is 0.500. The average molecular weight is 428 g/mol. The molecular weight excluding hydrogens is 398 g/mol. The minimum absolute atomic E-state index is 0.0549. The number of amides is 1. The van der Waals surface area contributed by atoms with Gasteiger partial charge in [0.15, 0.2) is 5.78 Å². The van der Waals surface area contributed by atoms with Crippen molar-refractivity contribution in [2.24, 2.45) is 5.92 Å². The number of hydrogen-bond donors (Lipinski definition) is 1. The third-order valence-corrected chi connectivity index (χ3v) is 6.05. The minimum atomic E-state index is -0.247. The molecule has 1 aromatic heterocycles. The Hall–Kier alpha value is -2.91. The first-order valence-corrected chi connectivity index (χ1v) is 10.7. The number of ether oxygens (including phenoxy) is 2. The number of nitrogens with zero attached hydrogens (tertiary/aromatic N) is 4. The van der Waals surface area contributed by atoms with E-state index >= 15 is 0 Å². The normalized spacial score (nSPS) is 19.5. The van der Waals surface area contributed by atoms with E-state index in [2.05, 4.69) is 10.00 Å². The van der Waals surface area contributed by atoms with Crippen molar-refractivity contribution >= 4 is 17.5 Å². The maximum absolute atomic E-state index is 13.1. The Kier molecular flexibility index (Phi) is 6.53. The Morgan fingerprint density at radius 2 is 1.94 bits per heavy atom. The van der Waals surface area contributed by atoms with E-state index in [1.54, 1.807) is 16.7 Å². The van der Waals surface area contributed by atoms with Crippen molar-refractivity contribution in [3.8, 4) is 11.4 Å². The average Bonchev–Trinajstić information content (AvgIpc) is 3.45. The lowest BCUT2D eigenvalue weighted by Gasteiger charge is -2.27. The van der Waals surface area contributed by atoms with Gasteiger partial charge in [-0.15, -0.1) is 0 Å². The molecule has 2 aromatic rings. The topological polar surface area (TPSA) is 103 Å². The number of methoxy groups -OCH3 is 1. The molecule has 0 radical (unpaired) electrons. The number of nitrogen functional groups attached to an aromatic ring is 1. The van der Waals surface area contributed by atoms with Crippen LogP contribution in [0.25, 0.3) is 5.69 Å². The zero-order valence-electron chi connectivity index (χ0n) is 17.8. The molecule has 4 rings (SSSR count). The summed E-state index contributed by atoms with van der Waals surface area (Å²) in [5, 5.41) is 4.30. The van der Waals surface area contributed by atoms with Crippen molar-refractivity contribution in [2.45, 2.75) is 12.8 Å². The number of morpholine rings is 1. The van der Waals surface area contributed by atoms with Crippen LogP contribution in [0.4, 0.5) is 5.82 Å². The van der Waals surface area contributed by atoms with Crippen LogP contribution in [-0.2, 0) is 9.53 Å². The van der Waals surface area contributed by atoms with Gasteiger partial charge >= 0.3 is 0 Å². The van der Waals surface area contributed by atoms with Gasteiger partial charge in [-0.05, 0) is 30.7 Å². The molecule has 2 aliphatic heterocycles. The molecule has 9 nitrogen and oxygen atoms in total. The van der Waals surface area contributed by atoms with Gasteiger partial charge in [-0.25, -0.2) is 4.68 Å². The van der Waals surface area contributed by atoms with E-state index in [1.807, 2.05) is 24.3 Å². The number of ketones is 1. The number of benzene rings is 1. The molecule has 31 heavy (non-hydrogen) atoms. The van der Waals surface area contributed by atoms with Gasteiger partial charge in [0.2, 0.25) is 5.91 Å². The number of carbonyl (C=O) groups excluding carboxylic acids is 2. The molecule has 0 unspecified atom stereocenters. The highest BCUT2D eigenvalue weighted by Crippen LogP contribution is 2.26. The molecule has 3 heterocycles. The van der Waals surface area contributed by atoms with Crippen molar-refractivity contribution in [1.82, 2.24) is 19.6 Å². The van der Waals surface area contributed by atoms with Crippen molar-refractivity contribution in [1.29, 1.82) is 0 Å². The quantitative estimate of drug-likeness (QED) is 0.663. The second-order valence-corrected chi connectivity index (χ2v) is 7.95. The number of aromatic nitrogens is 2. The van der Waals surface area contributed by atoms with Crippen molar-refractivity contribution in [2.75, 3.05) is 58.8 Å². The predicted molar refractivity (Wildman–Crippen MR) is 115 cm³/mol. The van der Waals surface area contributed by atoms with Crippen LogP contribution in [0.2, 0.25) is 0 Å². The molecule has 2 N–H and O–H groups in total. The van der Waals surface area contributed by atoms with E-state index in [9.17, 15) is 9.59 Å². The Morgan fingerprint density at radius 3 is 2.65 bits per heavy atom. The van der Waals surface area contributed by atoms with Crippen LogP contribution in [0.5, 0.6) is 5.75 Å². The van der Waals surface area contributed by atoms with Gasteiger partial charge in [-0.2, -0.15) is 5.10 Å². The maximum Gasteiger partial charge on any atom is 0.223 e. The van der Waals surface area contributed by atoms with E-state index in [-0.39, 0.29) is 17.6 Å². The van der Waals surface area contributed by atoms with Gasteiger partial charge in [-0.3, -0.25) is 14.5 Å². The van der Waals surface area contributed by atoms with Gasteiger partial charge in [-0.1, -0.05) is 0 Å². The van der Waals surface area contributed by atoms with E-state index < -0.39 is 0 Å². The minimum Gasteiger partial charge on any atom is -0.497 e. The third kappa shape index (κ3) is 4.72. The Bertz CT molecular complexity index is 920. The van der Waals surface area contributed by atoms with Crippen LogP contribution in [-0.4, -0.2) is 84.3 Å². The van der Waals surface area contributed by atoms with Gasteiger partial charge in [0, 0.05) is 45.1 Å².